The van der Waals surface area contributed by atoms with E-state index in [1.54, 1.807) is 7.11 Å². The molecule has 1 fully saturated rings. The second kappa shape index (κ2) is 7.20. The molecule has 0 aromatic rings. The lowest BCUT2D eigenvalue weighted by Crippen LogP contribution is -2.38. The molecular formula is C12H25NO2. The van der Waals surface area contributed by atoms with Gasteiger partial charge in [0.25, 0.3) is 0 Å². The number of aliphatic hydroxyl groups is 1. The largest absolute Gasteiger partial charge is 0.395 e. The summed E-state index contributed by atoms with van der Waals surface area (Å²) in [5.74, 6) is 0. The molecule has 3 heteroatoms. The van der Waals surface area contributed by atoms with Crippen LogP contribution in [0.3, 0.4) is 0 Å². The number of aliphatic hydroxyl groups excluding tert-OH is 1. The van der Waals surface area contributed by atoms with E-state index in [0.29, 0.717) is 18.8 Å². The molecule has 0 aromatic carbocycles. The average Bonchev–Trinajstić information content (AvgIpc) is 2.71. The van der Waals surface area contributed by atoms with Crippen molar-refractivity contribution in [1.82, 2.24) is 4.90 Å². The quantitative estimate of drug-likeness (QED) is 0.701. The Balaban J connectivity index is 2.29. The van der Waals surface area contributed by atoms with Crippen molar-refractivity contribution >= 4 is 0 Å². The fourth-order valence-electron chi connectivity index (χ4n) is 2.32. The average molecular weight is 215 g/mol. The van der Waals surface area contributed by atoms with Crippen molar-refractivity contribution in [2.75, 3.05) is 26.8 Å². The van der Waals surface area contributed by atoms with E-state index in [1.807, 2.05) is 0 Å². The van der Waals surface area contributed by atoms with Crippen molar-refractivity contribution in [1.29, 1.82) is 0 Å². The third-order valence-corrected chi connectivity index (χ3v) is 3.36. The van der Waals surface area contributed by atoms with Gasteiger partial charge in [-0.25, -0.2) is 0 Å². The maximum Gasteiger partial charge on any atom is 0.0698 e. The van der Waals surface area contributed by atoms with Gasteiger partial charge in [-0.2, -0.15) is 0 Å². The van der Waals surface area contributed by atoms with Crippen molar-refractivity contribution in [3.8, 4) is 0 Å². The second-order valence-electron chi connectivity index (χ2n) is 4.47. The van der Waals surface area contributed by atoms with Crippen LogP contribution in [0.25, 0.3) is 0 Å². The van der Waals surface area contributed by atoms with Crippen molar-refractivity contribution in [3.63, 3.8) is 0 Å². The number of ether oxygens (including phenoxy) is 1. The van der Waals surface area contributed by atoms with Crippen LogP contribution in [0, 0.1) is 0 Å². The van der Waals surface area contributed by atoms with Crippen LogP contribution in [0.1, 0.15) is 39.0 Å². The molecule has 0 aromatic heterocycles. The maximum atomic E-state index is 9.22. The van der Waals surface area contributed by atoms with Gasteiger partial charge in [0, 0.05) is 19.7 Å². The minimum Gasteiger partial charge on any atom is -0.395 e. The van der Waals surface area contributed by atoms with Crippen LogP contribution in [0.5, 0.6) is 0 Å². The molecule has 3 nitrogen and oxygen atoms in total. The number of methoxy groups -OCH3 is 1. The lowest BCUT2D eigenvalue weighted by molar-refractivity contribution is 0.0432. The van der Waals surface area contributed by atoms with Crippen molar-refractivity contribution in [2.24, 2.45) is 0 Å². The first-order chi connectivity index (χ1) is 7.31. The molecule has 0 amide bonds. The summed E-state index contributed by atoms with van der Waals surface area (Å²) in [6, 6.07) is 0.379. The molecule has 1 saturated heterocycles. The highest BCUT2D eigenvalue weighted by Gasteiger charge is 2.25. The highest BCUT2D eigenvalue weighted by atomic mass is 16.5. The van der Waals surface area contributed by atoms with Gasteiger partial charge in [0.2, 0.25) is 0 Å². The molecule has 1 N–H and O–H groups in total. The van der Waals surface area contributed by atoms with Gasteiger partial charge in [0.05, 0.1) is 12.7 Å². The predicted octanol–water partition coefficient (Wildman–Crippen LogP) is 1.65. The van der Waals surface area contributed by atoms with Crippen LogP contribution < -0.4 is 0 Å². The van der Waals surface area contributed by atoms with Crippen LogP contribution in [0.4, 0.5) is 0 Å². The van der Waals surface area contributed by atoms with E-state index < -0.39 is 0 Å². The Bertz CT molecular complexity index is 164. The highest BCUT2D eigenvalue weighted by molar-refractivity contribution is 4.80. The SMILES string of the molecule is CCCC[C@@H](CN1CCC[C@H]1CO)OC. The van der Waals surface area contributed by atoms with Crippen molar-refractivity contribution in [3.05, 3.63) is 0 Å². The first-order valence-corrected chi connectivity index (χ1v) is 6.19. The highest BCUT2D eigenvalue weighted by Crippen LogP contribution is 2.18. The van der Waals surface area contributed by atoms with E-state index in [0.717, 1.165) is 25.9 Å². The fraction of sp³-hybridized carbons (Fsp3) is 1.00. The molecule has 1 heterocycles. The van der Waals surface area contributed by atoms with Crippen molar-refractivity contribution in [2.45, 2.75) is 51.2 Å². The van der Waals surface area contributed by atoms with Crippen LogP contribution in [0.15, 0.2) is 0 Å². The van der Waals surface area contributed by atoms with Crippen LogP contribution >= 0.6 is 0 Å². The molecule has 90 valence electrons. The van der Waals surface area contributed by atoms with Crippen LogP contribution in [0.2, 0.25) is 0 Å². The number of hydrogen-bond donors (Lipinski definition) is 1. The first kappa shape index (κ1) is 12.9. The zero-order valence-electron chi connectivity index (χ0n) is 10.1. The molecule has 1 aliphatic heterocycles. The number of nitrogens with zero attached hydrogens (tertiary/aromatic N) is 1. The Kier molecular flexibility index (Phi) is 6.22. The normalized spacial score (nSPS) is 24.6. The van der Waals surface area contributed by atoms with Crippen LogP contribution in [-0.4, -0.2) is 49.0 Å². The zero-order valence-corrected chi connectivity index (χ0v) is 10.1. The molecule has 1 aliphatic rings. The van der Waals surface area contributed by atoms with Gasteiger partial charge in [0.1, 0.15) is 0 Å². The van der Waals surface area contributed by atoms with E-state index in [-0.39, 0.29) is 0 Å². The summed E-state index contributed by atoms with van der Waals surface area (Å²) >= 11 is 0. The molecule has 0 saturated carbocycles. The minimum atomic E-state index is 0.296. The number of hydrogen-bond acceptors (Lipinski definition) is 3. The monoisotopic (exact) mass is 215 g/mol. The van der Waals surface area contributed by atoms with Gasteiger partial charge in [-0.3, -0.25) is 4.90 Å². The summed E-state index contributed by atoms with van der Waals surface area (Å²) in [6.07, 6.45) is 6.30. The molecule has 15 heavy (non-hydrogen) atoms. The Hall–Kier alpha value is -0.120. The predicted molar refractivity (Wildman–Crippen MR) is 62.0 cm³/mol. The molecule has 0 spiro atoms. The summed E-state index contributed by atoms with van der Waals surface area (Å²) in [5, 5.41) is 9.22. The molecular weight excluding hydrogens is 190 g/mol. The lowest BCUT2D eigenvalue weighted by atomic mass is 10.1. The lowest BCUT2D eigenvalue weighted by Gasteiger charge is -2.27. The van der Waals surface area contributed by atoms with Gasteiger partial charge >= 0.3 is 0 Å². The van der Waals surface area contributed by atoms with E-state index in [2.05, 4.69) is 11.8 Å². The topological polar surface area (TPSA) is 32.7 Å². The summed E-state index contributed by atoms with van der Waals surface area (Å²) in [7, 11) is 1.80. The third kappa shape index (κ3) is 4.09. The standard InChI is InChI=1S/C12H25NO2/c1-3-4-7-12(15-2)9-13-8-5-6-11(13)10-14/h11-12,14H,3-10H2,1-2H3/t11-,12-/m0/s1. The Labute approximate surface area is 93.4 Å². The van der Waals surface area contributed by atoms with Crippen LogP contribution in [-0.2, 0) is 4.74 Å². The van der Waals surface area contributed by atoms with Gasteiger partial charge in [0.15, 0.2) is 0 Å². The molecule has 0 bridgehead atoms. The second-order valence-corrected chi connectivity index (χ2v) is 4.47. The Morgan fingerprint density at radius 1 is 1.53 bits per heavy atom. The first-order valence-electron chi connectivity index (χ1n) is 6.19. The number of unbranched alkanes of at least 4 members (excludes halogenated alkanes) is 1. The van der Waals surface area contributed by atoms with E-state index in [9.17, 15) is 5.11 Å². The zero-order chi connectivity index (χ0) is 11.1. The van der Waals surface area contributed by atoms with Gasteiger partial charge < -0.3 is 9.84 Å². The van der Waals surface area contributed by atoms with E-state index >= 15 is 0 Å². The Morgan fingerprint density at radius 3 is 2.93 bits per heavy atom. The van der Waals surface area contributed by atoms with E-state index in [4.69, 9.17) is 4.74 Å². The minimum absolute atomic E-state index is 0.296. The molecule has 0 unspecified atom stereocenters. The Morgan fingerprint density at radius 2 is 2.33 bits per heavy atom. The smallest absolute Gasteiger partial charge is 0.0698 e. The molecule has 1 rings (SSSR count). The molecule has 0 aliphatic carbocycles. The summed E-state index contributed by atoms with van der Waals surface area (Å²) in [4.78, 5) is 2.38. The fourth-order valence-corrected chi connectivity index (χ4v) is 2.32. The van der Waals surface area contributed by atoms with Gasteiger partial charge in [-0.05, 0) is 25.8 Å². The number of likely N-dealkylation sites (tertiary alicyclic amines) is 1. The summed E-state index contributed by atoms with van der Waals surface area (Å²) in [5.41, 5.74) is 0. The summed E-state index contributed by atoms with van der Waals surface area (Å²) < 4.78 is 5.48. The summed E-state index contributed by atoms with van der Waals surface area (Å²) in [6.45, 7) is 4.61. The van der Waals surface area contributed by atoms with Crippen molar-refractivity contribution < 1.29 is 9.84 Å². The molecule has 2 atom stereocenters. The van der Waals surface area contributed by atoms with E-state index in [1.165, 1.54) is 19.3 Å². The maximum absolute atomic E-state index is 9.22. The van der Waals surface area contributed by atoms with Gasteiger partial charge in [-0.15, -0.1) is 0 Å². The molecule has 0 radical (unpaired) electrons. The number of rotatable bonds is 7. The third-order valence-electron chi connectivity index (χ3n) is 3.36. The van der Waals surface area contributed by atoms with Gasteiger partial charge in [-0.1, -0.05) is 19.8 Å².